The highest BCUT2D eigenvalue weighted by Crippen LogP contribution is 2.19. The van der Waals surface area contributed by atoms with Gasteiger partial charge in [-0.05, 0) is 37.0 Å². The molecule has 0 spiro atoms. The zero-order chi connectivity index (χ0) is 46.3. The molecule has 0 N–H and O–H groups in total. The Morgan fingerprint density at radius 3 is 0.825 bits per heavy atom. The van der Waals surface area contributed by atoms with Crippen molar-refractivity contribution >= 4 is 17.9 Å². The first kappa shape index (κ1) is 61.4. The number of carbonyl (C=O) groups is 3. The molecule has 0 amide bonds. The molecule has 0 aromatic carbocycles. The van der Waals surface area contributed by atoms with E-state index in [4.69, 9.17) is 14.2 Å². The lowest BCUT2D eigenvalue weighted by Crippen LogP contribution is -2.30. The number of carbonyl (C=O) groups excluding carboxylic acids is 3. The molecule has 0 aliphatic rings. The van der Waals surface area contributed by atoms with Gasteiger partial charge in [-0.3, -0.25) is 14.4 Å². The van der Waals surface area contributed by atoms with Crippen molar-refractivity contribution in [3.8, 4) is 0 Å². The van der Waals surface area contributed by atoms with Gasteiger partial charge in [0.1, 0.15) is 13.2 Å². The fourth-order valence-electron chi connectivity index (χ4n) is 8.61. The van der Waals surface area contributed by atoms with Gasteiger partial charge in [0, 0.05) is 19.3 Å². The van der Waals surface area contributed by atoms with Crippen molar-refractivity contribution in [2.45, 2.75) is 317 Å². The van der Waals surface area contributed by atoms with Crippen molar-refractivity contribution < 1.29 is 28.6 Å². The number of rotatable bonds is 50. The molecule has 0 aliphatic heterocycles. The molecule has 0 rings (SSSR count). The zero-order valence-corrected chi connectivity index (χ0v) is 43.4. The van der Waals surface area contributed by atoms with Crippen LogP contribution in [0.15, 0.2) is 0 Å². The Kier molecular flexibility index (Phi) is 47.1. The fourth-order valence-corrected chi connectivity index (χ4v) is 8.61. The Bertz CT molecular complexity index is 978. The topological polar surface area (TPSA) is 78.9 Å². The summed E-state index contributed by atoms with van der Waals surface area (Å²) >= 11 is 0. The van der Waals surface area contributed by atoms with Gasteiger partial charge in [0.25, 0.3) is 0 Å². The summed E-state index contributed by atoms with van der Waals surface area (Å²) in [4.78, 5) is 38.0. The summed E-state index contributed by atoms with van der Waals surface area (Å²) < 4.78 is 16.8. The molecule has 0 bridgehead atoms. The van der Waals surface area contributed by atoms with E-state index in [0.29, 0.717) is 19.3 Å². The van der Waals surface area contributed by atoms with E-state index in [1.54, 1.807) is 0 Å². The molecule has 6 heteroatoms. The van der Waals surface area contributed by atoms with Crippen molar-refractivity contribution in [1.29, 1.82) is 0 Å². The smallest absolute Gasteiger partial charge is 0.306 e. The second-order valence-corrected chi connectivity index (χ2v) is 20.8. The molecular formula is C57H110O6. The summed E-state index contributed by atoms with van der Waals surface area (Å²) in [7, 11) is 0. The molecule has 0 saturated heterocycles. The number of esters is 3. The van der Waals surface area contributed by atoms with Crippen LogP contribution in [0.25, 0.3) is 0 Å². The fraction of sp³-hybridized carbons (Fsp3) is 0.947. The predicted octanol–water partition coefficient (Wildman–Crippen LogP) is 18.3. The van der Waals surface area contributed by atoms with Crippen molar-refractivity contribution in [1.82, 2.24) is 0 Å². The van der Waals surface area contributed by atoms with Gasteiger partial charge in [0.2, 0.25) is 0 Å². The molecule has 0 heterocycles. The number of hydrogen-bond acceptors (Lipinski definition) is 6. The van der Waals surface area contributed by atoms with Crippen LogP contribution in [0.2, 0.25) is 0 Å². The van der Waals surface area contributed by atoms with E-state index in [0.717, 1.165) is 75.5 Å². The SMILES string of the molecule is CCC(C)CCCCCCCCCCCCCCCCC(=O)OC[C@@H](COC(=O)CCCCCCCCC(C)C)OC(=O)CCCCCCCCCCCCCCCCCC(C)C. The molecule has 0 aliphatic carbocycles. The van der Waals surface area contributed by atoms with E-state index >= 15 is 0 Å². The van der Waals surface area contributed by atoms with Crippen molar-refractivity contribution in [2.24, 2.45) is 17.8 Å². The molecule has 374 valence electrons. The maximum absolute atomic E-state index is 12.8. The average Bonchev–Trinajstić information content (AvgIpc) is 3.25. The summed E-state index contributed by atoms with van der Waals surface area (Å²) in [5.41, 5.74) is 0. The minimum absolute atomic E-state index is 0.0646. The highest BCUT2D eigenvalue weighted by atomic mass is 16.6. The van der Waals surface area contributed by atoms with Crippen LogP contribution in [0.1, 0.15) is 311 Å². The van der Waals surface area contributed by atoms with Crippen LogP contribution in [-0.4, -0.2) is 37.2 Å². The summed E-state index contributed by atoms with van der Waals surface area (Å²) in [5, 5.41) is 0. The highest BCUT2D eigenvalue weighted by molar-refractivity contribution is 5.71. The van der Waals surface area contributed by atoms with Crippen molar-refractivity contribution in [2.75, 3.05) is 13.2 Å². The van der Waals surface area contributed by atoms with Gasteiger partial charge < -0.3 is 14.2 Å². The summed E-state index contributed by atoms with van der Waals surface area (Å²) in [6.07, 6.45) is 49.6. The quantitative estimate of drug-likeness (QED) is 0.0344. The van der Waals surface area contributed by atoms with E-state index in [-0.39, 0.29) is 31.1 Å². The maximum Gasteiger partial charge on any atom is 0.306 e. The molecule has 0 aromatic heterocycles. The minimum atomic E-state index is -0.763. The van der Waals surface area contributed by atoms with E-state index in [9.17, 15) is 14.4 Å². The van der Waals surface area contributed by atoms with Gasteiger partial charge in [0.15, 0.2) is 6.10 Å². The number of unbranched alkanes of at least 4 members (excludes halogenated alkanes) is 32. The highest BCUT2D eigenvalue weighted by Gasteiger charge is 2.19. The predicted molar refractivity (Wildman–Crippen MR) is 270 cm³/mol. The zero-order valence-electron chi connectivity index (χ0n) is 43.4. The van der Waals surface area contributed by atoms with Crippen LogP contribution in [0.3, 0.4) is 0 Å². The number of ether oxygens (including phenoxy) is 3. The molecular weight excluding hydrogens is 781 g/mol. The first-order valence-electron chi connectivity index (χ1n) is 28.1. The number of hydrogen-bond donors (Lipinski definition) is 0. The Balaban J connectivity index is 4.23. The van der Waals surface area contributed by atoms with Gasteiger partial charge in [0.05, 0.1) is 0 Å². The molecule has 63 heavy (non-hydrogen) atoms. The van der Waals surface area contributed by atoms with Gasteiger partial charge in [-0.15, -0.1) is 0 Å². The minimum Gasteiger partial charge on any atom is -0.462 e. The average molecular weight is 892 g/mol. The van der Waals surface area contributed by atoms with Crippen LogP contribution >= 0.6 is 0 Å². The first-order chi connectivity index (χ1) is 30.6. The summed E-state index contributed by atoms with van der Waals surface area (Å²) in [6.45, 7) is 13.7. The summed E-state index contributed by atoms with van der Waals surface area (Å²) in [6, 6.07) is 0. The third-order valence-corrected chi connectivity index (χ3v) is 13.3. The van der Waals surface area contributed by atoms with Crippen LogP contribution in [-0.2, 0) is 28.6 Å². The van der Waals surface area contributed by atoms with Crippen LogP contribution < -0.4 is 0 Å². The van der Waals surface area contributed by atoms with Crippen LogP contribution in [0.4, 0.5) is 0 Å². The second-order valence-electron chi connectivity index (χ2n) is 20.8. The first-order valence-corrected chi connectivity index (χ1v) is 28.1. The Morgan fingerprint density at radius 2 is 0.556 bits per heavy atom. The largest absolute Gasteiger partial charge is 0.462 e. The van der Waals surface area contributed by atoms with Gasteiger partial charge in [-0.25, -0.2) is 0 Å². The van der Waals surface area contributed by atoms with E-state index in [1.165, 1.54) is 193 Å². The molecule has 0 aromatic rings. The van der Waals surface area contributed by atoms with Crippen molar-refractivity contribution in [3.05, 3.63) is 0 Å². The normalized spacial score (nSPS) is 12.6. The molecule has 0 fully saturated rings. The molecule has 2 atom stereocenters. The molecule has 0 saturated carbocycles. The Morgan fingerprint density at radius 1 is 0.317 bits per heavy atom. The third-order valence-electron chi connectivity index (χ3n) is 13.3. The Labute approximate surface area is 393 Å². The van der Waals surface area contributed by atoms with Crippen LogP contribution in [0.5, 0.6) is 0 Å². The standard InChI is InChI=1S/C57H110O6/c1-7-53(6)45-39-33-26-22-18-14-11-12-15-19-23-27-34-40-46-55(58)61-49-54(50-62-56(59)47-41-35-30-29-32-38-44-52(4)5)63-57(60)48-42-36-28-24-20-16-10-8-9-13-17-21-25-31-37-43-51(2)3/h51-54H,7-50H2,1-6H3/t53?,54-/m0/s1. The van der Waals surface area contributed by atoms with E-state index < -0.39 is 6.10 Å². The van der Waals surface area contributed by atoms with Crippen LogP contribution in [0, 0.1) is 17.8 Å². The van der Waals surface area contributed by atoms with Crippen molar-refractivity contribution in [3.63, 3.8) is 0 Å². The van der Waals surface area contributed by atoms with E-state index in [2.05, 4.69) is 41.5 Å². The monoisotopic (exact) mass is 891 g/mol. The lowest BCUT2D eigenvalue weighted by Gasteiger charge is -2.18. The Hall–Kier alpha value is -1.59. The van der Waals surface area contributed by atoms with Gasteiger partial charge in [-0.1, -0.05) is 273 Å². The molecule has 1 unspecified atom stereocenters. The molecule has 0 radical (unpaired) electrons. The lowest BCUT2D eigenvalue weighted by molar-refractivity contribution is -0.167. The lowest BCUT2D eigenvalue weighted by atomic mass is 9.99. The van der Waals surface area contributed by atoms with Gasteiger partial charge in [-0.2, -0.15) is 0 Å². The molecule has 6 nitrogen and oxygen atoms in total. The second kappa shape index (κ2) is 48.3. The van der Waals surface area contributed by atoms with Gasteiger partial charge >= 0.3 is 17.9 Å². The maximum atomic E-state index is 12.8. The summed E-state index contributed by atoms with van der Waals surface area (Å²) in [5.74, 6) is 1.66. The van der Waals surface area contributed by atoms with E-state index in [1.807, 2.05) is 0 Å². The third kappa shape index (κ3) is 49.7.